The molecule has 2 aromatic heterocycles. The van der Waals surface area contributed by atoms with Gasteiger partial charge in [-0.2, -0.15) is 14.0 Å². The van der Waals surface area contributed by atoms with Gasteiger partial charge in [-0.25, -0.2) is 0 Å². The lowest BCUT2D eigenvalue weighted by atomic mass is 10.2. The Labute approximate surface area is 154 Å². The van der Waals surface area contributed by atoms with Crippen molar-refractivity contribution in [3.8, 4) is 17.1 Å². The monoisotopic (exact) mass is 364 g/mol. The van der Waals surface area contributed by atoms with Crippen LogP contribution in [0.15, 0.2) is 60.7 Å². The number of hydrogen-bond donors (Lipinski definition) is 2. The van der Waals surface area contributed by atoms with Crippen LogP contribution in [0.5, 0.6) is 0 Å². The molecule has 0 radical (unpaired) electrons. The van der Waals surface area contributed by atoms with E-state index in [1.807, 2.05) is 60.7 Å². The molecule has 0 aliphatic heterocycles. The van der Waals surface area contributed by atoms with E-state index >= 15 is 0 Å². The maximum atomic E-state index is 4.50. The van der Waals surface area contributed by atoms with Crippen molar-refractivity contribution in [1.29, 1.82) is 0 Å². The average molecular weight is 364 g/mol. The Kier molecular flexibility index (Phi) is 4.79. The summed E-state index contributed by atoms with van der Waals surface area (Å²) in [5.41, 5.74) is 1.92. The number of hydrogen-bond acceptors (Lipinski definition) is 8. The Balaban J connectivity index is 1.32. The normalized spacial score (nSPS) is 10.6. The summed E-state index contributed by atoms with van der Waals surface area (Å²) >= 11 is 1.35. The van der Waals surface area contributed by atoms with Gasteiger partial charge in [-0.3, -0.25) is 0 Å². The van der Waals surface area contributed by atoms with Crippen LogP contribution in [0.2, 0.25) is 0 Å². The molecule has 0 saturated heterocycles. The fourth-order valence-electron chi connectivity index (χ4n) is 2.38. The largest absolute Gasteiger partial charge is 0.359 e. The number of rotatable bonds is 7. The highest BCUT2D eigenvalue weighted by Crippen LogP contribution is 2.20. The lowest BCUT2D eigenvalue weighted by Gasteiger charge is -2.07. The van der Waals surface area contributed by atoms with Crippen molar-refractivity contribution in [2.45, 2.75) is 0 Å². The molecule has 2 N–H and O–H groups in total. The van der Waals surface area contributed by atoms with E-state index in [1.54, 1.807) is 4.68 Å². The van der Waals surface area contributed by atoms with Gasteiger partial charge >= 0.3 is 0 Å². The van der Waals surface area contributed by atoms with Crippen LogP contribution in [0, 0.1) is 0 Å². The summed E-state index contributed by atoms with van der Waals surface area (Å²) in [6.45, 7) is 1.32. The Morgan fingerprint density at radius 2 is 1.62 bits per heavy atom. The average Bonchev–Trinajstić information content (AvgIpc) is 3.36. The van der Waals surface area contributed by atoms with Gasteiger partial charge in [-0.05, 0) is 22.6 Å². The van der Waals surface area contributed by atoms with Gasteiger partial charge in [0.05, 0.1) is 5.69 Å². The van der Waals surface area contributed by atoms with E-state index in [9.17, 15) is 0 Å². The summed E-state index contributed by atoms with van der Waals surface area (Å²) in [6, 6.07) is 19.7. The molecule has 0 atom stereocenters. The van der Waals surface area contributed by atoms with Crippen molar-refractivity contribution in [3.05, 3.63) is 60.7 Å². The third-order valence-corrected chi connectivity index (χ3v) is 4.29. The zero-order chi connectivity index (χ0) is 17.6. The van der Waals surface area contributed by atoms with E-state index in [-0.39, 0.29) is 0 Å². The number of tetrazole rings is 1. The quantitative estimate of drug-likeness (QED) is 0.487. The third-order valence-electron chi connectivity index (χ3n) is 3.61. The molecule has 0 aliphatic rings. The first-order chi connectivity index (χ1) is 12.9. The number of nitrogens with zero attached hydrogens (tertiary/aromatic N) is 6. The van der Waals surface area contributed by atoms with Gasteiger partial charge < -0.3 is 10.6 Å². The summed E-state index contributed by atoms with van der Waals surface area (Å²) in [5, 5.41) is 19.0. The van der Waals surface area contributed by atoms with Crippen LogP contribution in [0.4, 0.5) is 11.1 Å². The van der Waals surface area contributed by atoms with E-state index in [0.717, 1.165) is 22.2 Å². The number of aromatic nitrogens is 6. The minimum atomic E-state index is 0.597. The first-order valence-electron chi connectivity index (χ1n) is 8.11. The van der Waals surface area contributed by atoms with E-state index < -0.39 is 0 Å². The van der Waals surface area contributed by atoms with Crippen molar-refractivity contribution in [1.82, 2.24) is 29.6 Å². The molecule has 0 saturated carbocycles. The number of para-hydroxylation sites is 1. The lowest BCUT2D eigenvalue weighted by molar-refractivity contribution is 0.789. The van der Waals surface area contributed by atoms with Gasteiger partial charge in [0.25, 0.3) is 0 Å². The third kappa shape index (κ3) is 3.67. The first kappa shape index (κ1) is 16.2. The number of anilines is 2. The Morgan fingerprint density at radius 1 is 0.885 bits per heavy atom. The van der Waals surface area contributed by atoms with Gasteiger partial charge in [-0.15, -0.1) is 0 Å². The zero-order valence-electron chi connectivity index (χ0n) is 13.8. The second-order valence-corrected chi connectivity index (χ2v) is 6.14. The fraction of sp³-hybridized carbons (Fsp3) is 0.118. The molecule has 0 unspecified atom stereocenters. The molecule has 0 amide bonds. The molecule has 4 aromatic rings. The van der Waals surface area contributed by atoms with Crippen LogP contribution in [0.3, 0.4) is 0 Å². The van der Waals surface area contributed by atoms with Crippen LogP contribution in [-0.4, -0.2) is 42.7 Å². The van der Waals surface area contributed by atoms with Crippen molar-refractivity contribution < 1.29 is 0 Å². The van der Waals surface area contributed by atoms with Crippen molar-refractivity contribution in [2.75, 3.05) is 23.7 Å². The fourth-order valence-corrected chi connectivity index (χ4v) is 3.00. The van der Waals surface area contributed by atoms with Gasteiger partial charge in [0.2, 0.25) is 11.1 Å². The van der Waals surface area contributed by atoms with E-state index in [4.69, 9.17) is 0 Å². The van der Waals surface area contributed by atoms with Crippen LogP contribution in [-0.2, 0) is 0 Å². The second kappa shape index (κ2) is 7.70. The molecular formula is C17H16N8S. The predicted molar refractivity (Wildman–Crippen MR) is 101 cm³/mol. The first-order valence-corrected chi connectivity index (χ1v) is 8.88. The van der Waals surface area contributed by atoms with Gasteiger partial charge in [-0.1, -0.05) is 53.6 Å². The van der Waals surface area contributed by atoms with Crippen LogP contribution >= 0.6 is 11.5 Å². The van der Waals surface area contributed by atoms with Gasteiger partial charge in [0.1, 0.15) is 0 Å². The molecule has 9 heteroatoms. The molecular weight excluding hydrogens is 348 g/mol. The molecule has 8 nitrogen and oxygen atoms in total. The van der Waals surface area contributed by atoms with Crippen LogP contribution in [0.25, 0.3) is 17.1 Å². The van der Waals surface area contributed by atoms with Crippen LogP contribution < -0.4 is 10.6 Å². The topological polar surface area (TPSA) is 93.4 Å². The summed E-state index contributed by atoms with van der Waals surface area (Å²) in [4.78, 5) is 4.50. The minimum absolute atomic E-state index is 0.597. The second-order valence-electron chi connectivity index (χ2n) is 5.39. The highest BCUT2D eigenvalue weighted by Gasteiger charge is 2.08. The predicted octanol–water partition coefficient (Wildman–Crippen LogP) is 2.70. The Hall–Kier alpha value is -3.33. The standard InChI is InChI=1S/C17H16N8S/c1-3-7-13(8-4-1)15-20-17(26-22-15)19-12-11-18-16-21-23-24-25(16)14-9-5-2-6-10-14/h1-10H,11-12H2,(H,18,21,24)(H,19,20,22). The highest BCUT2D eigenvalue weighted by molar-refractivity contribution is 7.09. The minimum Gasteiger partial charge on any atom is -0.359 e. The summed E-state index contributed by atoms with van der Waals surface area (Å²) in [7, 11) is 0. The Bertz CT molecular complexity index is 951. The zero-order valence-corrected chi connectivity index (χ0v) is 14.6. The summed E-state index contributed by atoms with van der Waals surface area (Å²) in [6.07, 6.45) is 0. The van der Waals surface area contributed by atoms with Gasteiger partial charge in [0, 0.05) is 30.2 Å². The SMILES string of the molecule is c1ccc(-c2nsc(NCCNc3nnnn3-c3ccccc3)n2)cc1. The maximum absolute atomic E-state index is 4.50. The highest BCUT2D eigenvalue weighted by atomic mass is 32.1. The molecule has 2 aromatic carbocycles. The van der Waals surface area contributed by atoms with E-state index in [0.29, 0.717) is 19.0 Å². The van der Waals surface area contributed by atoms with E-state index in [1.165, 1.54) is 11.5 Å². The van der Waals surface area contributed by atoms with Gasteiger partial charge in [0.15, 0.2) is 5.82 Å². The Morgan fingerprint density at radius 3 is 2.42 bits per heavy atom. The van der Waals surface area contributed by atoms with Crippen molar-refractivity contribution in [3.63, 3.8) is 0 Å². The molecule has 2 heterocycles. The molecule has 0 fully saturated rings. The number of benzene rings is 2. The molecule has 4 rings (SSSR count). The molecule has 0 aliphatic carbocycles. The molecule has 0 bridgehead atoms. The van der Waals surface area contributed by atoms with Crippen molar-refractivity contribution in [2.24, 2.45) is 0 Å². The van der Waals surface area contributed by atoms with Crippen LogP contribution in [0.1, 0.15) is 0 Å². The smallest absolute Gasteiger partial charge is 0.247 e. The molecule has 0 spiro atoms. The molecule has 130 valence electrons. The lowest BCUT2D eigenvalue weighted by Crippen LogP contribution is -2.16. The summed E-state index contributed by atoms with van der Waals surface area (Å²) < 4.78 is 6.05. The number of nitrogens with one attached hydrogen (secondary N) is 2. The maximum Gasteiger partial charge on any atom is 0.247 e. The summed E-state index contributed by atoms with van der Waals surface area (Å²) in [5.74, 6) is 1.33. The van der Waals surface area contributed by atoms with Crippen molar-refractivity contribution >= 4 is 22.6 Å². The van der Waals surface area contributed by atoms with E-state index in [2.05, 4.69) is 35.5 Å². The molecule has 26 heavy (non-hydrogen) atoms.